The Morgan fingerprint density at radius 1 is 1.48 bits per heavy atom. The lowest BCUT2D eigenvalue weighted by atomic mass is 10.2. The van der Waals surface area contributed by atoms with Gasteiger partial charge in [-0.15, -0.1) is 0 Å². The first-order valence-electron chi connectivity index (χ1n) is 6.59. The molecule has 21 heavy (non-hydrogen) atoms. The molecule has 6 nitrogen and oxygen atoms in total. The van der Waals surface area contributed by atoms with Crippen LogP contribution in [0.4, 0.5) is 0 Å². The summed E-state index contributed by atoms with van der Waals surface area (Å²) in [5.74, 6) is 1.05. The fourth-order valence-corrected chi connectivity index (χ4v) is 1.97. The Hall–Kier alpha value is -2.05. The van der Waals surface area contributed by atoms with E-state index >= 15 is 0 Å². The zero-order valence-electron chi connectivity index (χ0n) is 11.4. The van der Waals surface area contributed by atoms with Crippen molar-refractivity contribution < 1.29 is 9.53 Å². The van der Waals surface area contributed by atoms with Gasteiger partial charge in [0.25, 0.3) is 5.91 Å². The number of carbonyl (C=O) groups is 1. The highest BCUT2D eigenvalue weighted by molar-refractivity contribution is 6.31. The normalized spacial score (nSPS) is 10.4. The SMILES string of the molecule is NCCOc1ccc(Cl)cc1C(=O)NCCc1ncc[nH]1. The summed E-state index contributed by atoms with van der Waals surface area (Å²) in [6, 6.07) is 4.92. The third kappa shape index (κ3) is 4.47. The summed E-state index contributed by atoms with van der Waals surface area (Å²) in [7, 11) is 0. The zero-order valence-corrected chi connectivity index (χ0v) is 12.2. The smallest absolute Gasteiger partial charge is 0.255 e. The lowest BCUT2D eigenvalue weighted by Crippen LogP contribution is -2.26. The van der Waals surface area contributed by atoms with E-state index in [1.807, 2.05) is 0 Å². The number of carbonyl (C=O) groups excluding carboxylic acids is 1. The Morgan fingerprint density at radius 3 is 3.05 bits per heavy atom. The topological polar surface area (TPSA) is 93.0 Å². The lowest BCUT2D eigenvalue weighted by Gasteiger charge is -2.11. The summed E-state index contributed by atoms with van der Waals surface area (Å²) in [6.07, 6.45) is 4.04. The first-order valence-corrected chi connectivity index (χ1v) is 6.97. The average Bonchev–Trinajstić information content (AvgIpc) is 2.99. The van der Waals surface area contributed by atoms with Gasteiger partial charge in [-0.1, -0.05) is 11.6 Å². The number of hydrogen-bond donors (Lipinski definition) is 3. The number of aromatic nitrogens is 2. The maximum absolute atomic E-state index is 12.2. The number of halogens is 1. The third-order valence-corrected chi connectivity index (χ3v) is 3.00. The van der Waals surface area contributed by atoms with Gasteiger partial charge in [0.2, 0.25) is 0 Å². The van der Waals surface area contributed by atoms with Gasteiger partial charge < -0.3 is 20.8 Å². The first kappa shape index (κ1) is 15.3. The van der Waals surface area contributed by atoms with Crippen LogP contribution in [0.1, 0.15) is 16.2 Å². The van der Waals surface area contributed by atoms with Crippen molar-refractivity contribution in [1.82, 2.24) is 15.3 Å². The number of H-pyrrole nitrogens is 1. The maximum Gasteiger partial charge on any atom is 0.255 e. The predicted molar refractivity (Wildman–Crippen MR) is 80.6 cm³/mol. The largest absolute Gasteiger partial charge is 0.491 e. The van der Waals surface area contributed by atoms with Gasteiger partial charge in [0.1, 0.15) is 18.2 Å². The zero-order chi connectivity index (χ0) is 15.1. The number of benzene rings is 1. The Kier molecular flexibility index (Phi) is 5.59. The molecule has 4 N–H and O–H groups in total. The van der Waals surface area contributed by atoms with Crippen LogP contribution in [0, 0.1) is 0 Å². The van der Waals surface area contributed by atoms with Crippen LogP contribution in [0.2, 0.25) is 5.02 Å². The number of hydrogen-bond acceptors (Lipinski definition) is 4. The van der Waals surface area contributed by atoms with Crippen LogP contribution in [0.3, 0.4) is 0 Å². The number of nitrogens with two attached hydrogens (primary N) is 1. The summed E-state index contributed by atoms with van der Waals surface area (Å²) in [5.41, 5.74) is 5.80. The van der Waals surface area contributed by atoms with Gasteiger partial charge in [-0.3, -0.25) is 4.79 Å². The molecule has 0 radical (unpaired) electrons. The van der Waals surface area contributed by atoms with Crippen molar-refractivity contribution in [3.8, 4) is 5.75 Å². The minimum atomic E-state index is -0.240. The Bertz CT molecular complexity index is 587. The van der Waals surface area contributed by atoms with Crippen LogP contribution >= 0.6 is 11.6 Å². The van der Waals surface area contributed by atoms with Crippen molar-refractivity contribution in [2.45, 2.75) is 6.42 Å². The summed E-state index contributed by atoms with van der Waals surface area (Å²) in [5, 5.41) is 3.29. The molecule has 0 aliphatic rings. The van der Waals surface area contributed by atoms with E-state index < -0.39 is 0 Å². The molecule has 0 bridgehead atoms. The van der Waals surface area contributed by atoms with Crippen molar-refractivity contribution in [2.75, 3.05) is 19.7 Å². The van der Waals surface area contributed by atoms with E-state index in [2.05, 4.69) is 15.3 Å². The second-order valence-electron chi connectivity index (χ2n) is 4.32. The standard InChI is InChI=1S/C14H17ClN4O2/c15-10-1-2-12(21-8-4-16)11(9-10)14(20)19-5-3-13-17-6-7-18-13/h1-2,6-7,9H,3-5,8,16H2,(H,17,18)(H,19,20). The van der Waals surface area contributed by atoms with Gasteiger partial charge in [0.05, 0.1) is 5.56 Å². The first-order chi connectivity index (χ1) is 10.2. The van der Waals surface area contributed by atoms with Crippen LogP contribution in [0.15, 0.2) is 30.6 Å². The van der Waals surface area contributed by atoms with Crippen molar-refractivity contribution in [2.24, 2.45) is 5.73 Å². The van der Waals surface area contributed by atoms with Crippen LogP contribution < -0.4 is 15.8 Å². The van der Waals surface area contributed by atoms with Gasteiger partial charge in [-0.05, 0) is 18.2 Å². The van der Waals surface area contributed by atoms with Crippen LogP contribution in [0.5, 0.6) is 5.75 Å². The molecule has 0 aliphatic heterocycles. The number of aromatic amines is 1. The molecular formula is C14H17ClN4O2. The van der Waals surface area contributed by atoms with Crippen LogP contribution in [-0.4, -0.2) is 35.6 Å². The van der Waals surface area contributed by atoms with Gasteiger partial charge >= 0.3 is 0 Å². The Balaban J connectivity index is 1.98. The van der Waals surface area contributed by atoms with Crippen molar-refractivity contribution in [3.05, 3.63) is 47.0 Å². The van der Waals surface area contributed by atoms with Gasteiger partial charge in [-0.2, -0.15) is 0 Å². The highest BCUT2D eigenvalue weighted by Crippen LogP contribution is 2.22. The molecule has 1 heterocycles. The second kappa shape index (κ2) is 7.66. The average molecular weight is 309 g/mol. The maximum atomic E-state index is 12.2. The van der Waals surface area contributed by atoms with E-state index in [-0.39, 0.29) is 5.91 Å². The van der Waals surface area contributed by atoms with E-state index in [1.54, 1.807) is 30.6 Å². The number of ether oxygens (including phenoxy) is 1. The molecule has 1 amide bonds. The quantitative estimate of drug-likeness (QED) is 0.720. The van der Waals surface area contributed by atoms with E-state index in [1.165, 1.54) is 0 Å². The molecule has 0 aliphatic carbocycles. The van der Waals surface area contributed by atoms with Gasteiger partial charge in [0, 0.05) is 36.9 Å². The minimum absolute atomic E-state index is 0.240. The van der Waals surface area contributed by atoms with Gasteiger partial charge in [-0.25, -0.2) is 4.98 Å². The number of imidazole rings is 1. The fourth-order valence-electron chi connectivity index (χ4n) is 1.80. The van der Waals surface area contributed by atoms with E-state index in [4.69, 9.17) is 22.1 Å². The molecule has 2 rings (SSSR count). The highest BCUT2D eigenvalue weighted by Gasteiger charge is 2.13. The van der Waals surface area contributed by atoms with Crippen molar-refractivity contribution in [3.63, 3.8) is 0 Å². The molecule has 0 unspecified atom stereocenters. The number of nitrogens with one attached hydrogen (secondary N) is 2. The minimum Gasteiger partial charge on any atom is -0.491 e. The molecule has 2 aromatic rings. The van der Waals surface area contributed by atoms with E-state index in [0.29, 0.717) is 42.5 Å². The monoisotopic (exact) mass is 308 g/mol. The highest BCUT2D eigenvalue weighted by atomic mass is 35.5. The van der Waals surface area contributed by atoms with Crippen molar-refractivity contribution in [1.29, 1.82) is 0 Å². The molecular weight excluding hydrogens is 292 g/mol. The molecule has 0 saturated heterocycles. The molecule has 0 saturated carbocycles. The molecule has 7 heteroatoms. The third-order valence-electron chi connectivity index (χ3n) is 2.76. The molecule has 1 aromatic heterocycles. The van der Waals surface area contributed by atoms with Crippen molar-refractivity contribution >= 4 is 17.5 Å². The molecule has 0 atom stereocenters. The Morgan fingerprint density at radius 2 is 2.33 bits per heavy atom. The van der Waals surface area contributed by atoms with Crippen LogP contribution in [0.25, 0.3) is 0 Å². The Labute approximate surface area is 127 Å². The van der Waals surface area contributed by atoms with E-state index in [0.717, 1.165) is 5.82 Å². The number of nitrogens with zero attached hydrogens (tertiary/aromatic N) is 1. The van der Waals surface area contributed by atoms with E-state index in [9.17, 15) is 4.79 Å². The predicted octanol–water partition coefficient (Wildman–Crippen LogP) is 1.37. The lowest BCUT2D eigenvalue weighted by molar-refractivity contribution is 0.0950. The number of amides is 1. The molecule has 0 fully saturated rings. The number of rotatable bonds is 7. The summed E-state index contributed by atoms with van der Waals surface area (Å²) >= 11 is 5.93. The molecule has 0 spiro atoms. The molecule has 112 valence electrons. The summed E-state index contributed by atoms with van der Waals surface area (Å²) < 4.78 is 5.45. The fraction of sp³-hybridized carbons (Fsp3) is 0.286. The second-order valence-corrected chi connectivity index (χ2v) is 4.76. The summed E-state index contributed by atoms with van der Waals surface area (Å²) in [6.45, 7) is 1.19. The van der Waals surface area contributed by atoms with Gasteiger partial charge in [0.15, 0.2) is 0 Å². The summed E-state index contributed by atoms with van der Waals surface area (Å²) in [4.78, 5) is 19.3. The van der Waals surface area contributed by atoms with Crippen LogP contribution in [-0.2, 0) is 6.42 Å². The molecule has 1 aromatic carbocycles.